The predicted molar refractivity (Wildman–Crippen MR) is 56.1 cm³/mol. The second-order valence-corrected chi connectivity index (χ2v) is 4.20. The van der Waals surface area contributed by atoms with Crippen LogP contribution in [0.2, 0.25) is 0 Å². The summed E-state index contributed by atoms with van der Waals surface area (Å²) >= 11 is 0. The maximum atomic E-state index is 6.15. The van der Waals surface area contributed by atoms with E-state index in [1.165, 1.54) is 18.4 Å². The van der Waals surface area contributed by atoms with E-state index in [2.05, 4.69) is 34.3 Å². The highest BCUT2D eigenvalue weighted by Crippen LogP contribution is 2.24. The average Bonchev–Trinajstić information content (AvgIpc) is 1.99. The molecule has 2 N–H and O–H groups in total. The molecule has 0 fully saturated rings. The van der Waals surface area contributed by atoms with Crippen molar-refractivity contribution in [1.82, 2.24) is 0 Å². The van der Waals surface area contributed by atoms with Crippen molar-refractivity contribution in [3.63, 3.8) is 0 Å². The molecule has 0 heterocycles. The van der Waals surface area contributed by atoms with Gasteiger partial charge < -0.3 is 5.73 Å². The number of hydrogen-bond donors (Lipinski definition) is 1. The van der Waals surface area contributed by atoms with Crippen LogP contribution in [-0.2, 0) is 0 Å². The van der Waals surface area contributed by atoms with Gasteiger partial charge in [0, 0.05) is 5.54 Å². The van der Waals surface area contributed by atoms with Crippen LogP contribution in [0.15, 0.2) is 12.2 Å². The fraction of sp³-hybridized carbons (Fsp3) is 0.818. The van der Waals surface area contributed by atoms with Gasteiger partial charge in [0.25, 0.3) is 0 Å². The van der Waals surface area contributed by atoms with Gasteiger partial charge in [-0.05, 0) is 19.3 Å². The Bertz CT molecular complexity index is 145. The fourth-order valence-corrected chi connectivity index (χ4v) is 1.36. The monoisotopic (exact) mass is 169 g/mol. The summed E-state index contributed by atoms with van der Waals surface area (Å²) in [7, 11) is 0. The van der Waals surface area contributed by atoms with Crippen LogP contribution in [0.5, 0.6) is 0 Å². The van der Waals surface area contributed by atoms with Crippen molar-refractivity contribution in [2.75, 3.05) is 0 Å². The third kappa shape index (κ3) is 3.40. The van der Waals surface area contributed by atoms with Crippen LogP contribution in [0.25, 0.3) is 0 Å². The van der Waals surface area contributed by atoms with E-state index in [0.717, 1.165) is 6.42 Å². The van der Waals surface area contributed by atoms with E-state index in [1.54, 1.807) is 0 Å². The van der Waals surface area contributed by atoms with Gasteiger partial charge in [-0.1, -0.05) is 45.8 Å². The normalized spacial score (nSPS) is 16.2. The summed E-state index contributed by atoms with van der Waals surface area (Å²) in [4.78, 5) is 0. The van der Waals surface area contributed by atoms with Gasteiger partial charge in [-0.15, -0.1) is 0 Å². The Morgan fingerprint density at radius 2 is 2.00 bits per heavy atom. The van der Waals surface area contributed by atoms with E-state index in [1.807, 2.05) is 0 Å². The van der Waals surface area contributed by atoms with Gasteiger partial charge in [0.2, 0.25) is 0 Å². The van der Waals surface area contributed by atoms with E-state index in [0.29, 0.717) is 5.92 Å². The Morgan fingerprint density at radius 3 is 2.33 bits per heavy atom. The maximum Gasteiger partial charge on any atom is 0.0340 e. The molecule has 0 bridgehead atoms. The summed E-state index contributed by atoms with van der Waals surface area (Å²) < 4.78 is 0. The Balaban J connectivity index is 4.09. The van der Waals surface area contributed by atoms with Crippen LogP contribution >= 0.6 is 0 Å². The molecule has 0 radical (unpaired) electrons. The van der Waals surface area contributed by atoms with Crippen molar-refractivity contribution in [2.45, 2.75) is 52.5 Å². The SMILES string of the molecule is C=C(C(C)C)C(C)(N)CCCC. The molecule has 0 aromatic carbocycles. The molecule has 72 valence electrons. The summed E-state index contributed by atoms with van der Waals surface area (Å²) in [5.74, 6) is 0.497. The highest BCUT2D eigenvalue weighted by Gasteiger charge is 2.23. The van der Waals surface area contributed by atoms with Crippen molar-refractivity contribution >= 4 is 0 Å². The molecule has 0 saturated carbocycles. The molecule has 12 heavy (non-hydrogen) atoms. The van der Waals surface area contributed by atoms with E-state index < -0.39 is 0 Å². The zero-order valence-corrected chi connectivity index (χ0v) is 8.98. The van der Waals surface area contributed by atoms with Gasteiger partial charge in [-0.25, -0.2) is 0 Å². The minimum absolute atomic E-state index is 0.163. The van der Waals surface area contributed by atoms with Crippen LogP contribution in [0.3, 0.4) is 0 Å². The summed E-state index contributed by atoms with van der Waals surface area (Å²) in [6, 6.07) is 0. The highest BCUT2D eigenvalue weighted by molar-refractivity contribution is 5.15. The van der Waals surface area contributed by atoms with Gasteiger partial charge in [0.1, 0.15) is 0 Å². The summed E-state index contributed by atoms with van der Waals surface area (Å²) in [6.45, 7) is 12.6. The summed E-state index contributed by atoms with van der Waals surface area (Å²) in [5, 5.41) is 0. The number of unbranched alkanes of at least 4 members (excludes halogenated alkanes) is 1. The molecule has 0 aliphatic rings. The third-order valence-corrected chi connectivity index (χ3v) is 2.48. The largest absolute Gasteiger partial charge is 0.322 e. The third-order valence-electron chi connectivity index (χ3n) is 2.48. The minimum Gasteiger partial charge on any atom is -0.322 e. The van der Waals surface area contributed by atoms with Crippen molar-refractivity contribution in [3.8, 4) is 0 Å². The molecular weight excluding hydrogens is 146 g/mol. The van der Waals surface area contributed by atoms with E-state index in [9.17, 15) is 0 Å². The lowest BCUT2D eigenvalue weighted by Gasteiger charge is -2.29. The molecule has 1 atom stereocenters. The standard InChI is InChI=1S/C11H23N/c1-6-7-8-11(5,12)10(4)9(2)3/h9H,4,6-8,12H2,1-3,5H3. The Morgan fingerprint density at radius 1 is 1.50 bits per heavy atom. The molecule has 1 nitrogen and oxygen atoms in total. The number of nitrogens with two attached hydrogens (primary N) is 1. The van der Waals surface area contributed by atoms with Gasteiger partial charge >= 0.3 is 0 Å². The molecule has 0 aromatic heterocycles. The van der Waals surface area contributed by atoms with Crippen LogP contribution in [0.4, 0.5) is 0 Å². The van der Waals surface area contributed by atoms with Crippen molar-refractivity contribution in [3.05, 3.63) is 12.2 Å². The van der Waals surface area contributed by atoms with Gasteiger partial charge in [-0.3, -0.25) is 0 Å². The quantitative estimate of drug-likeness (QED) is 0.629. The Hall–Kier alpha value is -0.300. The first-order chi connectivity index (χ1) is 5.41. The second-order valence-electron chi connectivity index (χ2n) is 4.20. The lowest BCUT2D eigenvalue weighted by molar-refractivity contribution is 0.444. The van der Waals surface area contributed by atoms with E-state index >= 15 is 0 Å². The van der Waals surface area contributed by atoms with Crippen LogP contribution < -0.4 is 5.73 Å². The first-order valence-corrected chi connectivity index (χ1v) is 4.90. The molecule has 0 amide bonds. The zero-order valence-electron chi connectivity index (χ0n) is 8.98. The van der Waals surface area contributed by atoms with Crippen LogP contribution in [0.1, 0.15) is 47.0 Å². The fourth-order valence-electron chi connectivity index (χ4n) is 1.36. The van der Waals surface area contributed by atoms with Gasteiger partial charge in [0.15, 0.2) is 0 Å². The smallest absolute Gasteiger partial charge is 0.0340 e. The molecule has 0 rings (SSSR count). The van der Waals surface area contributed by atoms with Crippen molar-refractivity contribution in [2.24, 2.45) is 11.7 Å². The predicted octanol–water partition coefficient (Wildman–Crippen LogP) is 3.11. The zero-order chi connectivity index (χ0) is 9.78. The lowest BCUT2D eigenvalue weighted by Crippen LogP contribution is -2.39. The lowest BCUT2D eigenvalue weighted by atomic mass is 9.83. The van der Waals surface area contributed by atoms with Crippen LogP contribution in [0, 0.1) is 5.92 Å². The Kier molecular flexibility index (Phi) is 4.54. The van der Waals surface area contributed by atoms with Gasteiger partial charge in [0.05, 0.1) is 0 Å². The first-order valence-electron chi connectivity index (χ1n) is 4.90. The highest BCUT2D eigenvalue weighted by atomic mass is 14.7. The minimum atomic E-state index is -0.163. The number of rotatable bonds is 5. The van der Waals surface area contributed by atoms with Crippen LogP contribution in [-0.4, -0.2) is 5.54 Å². The van der Waals surface area contributed by atoms with E-state index in [-0.39, 0.29) is 5.54 Å². The molecule has 0 aliphatic carbocycles. The molecule has 0 aromatic rings. The number of hydrogen-bond acceptors (Lipinski definition) is 1. The maximum absolute atomic E-state index is 6.15. The molecular formula is C11H23N. The average molecular weight is 169 g/mol. The van der Waals surface area contributed by atoms with Gasteiger partial charge in [-0.2, -0.15) is 0 Å². The second kappa shape index (κ2) is 4.66. The first kappa shape index (κ1) is 11.7. The summed E-state index contributed by atoms with van der Waals surface area (Å²) in [5.41, 5.74) is 7.16. The molecule has 0 saturated heterocycles. The van der Waals surface area contributed by atoms with Crippen molar-refractivity contribution in [1.29, 1.82) is 0 Å². The molecule has 1 unspecified atom stereocenters. The topological polar surface area (TPSA) is 26.0 Å². The Labute approximate surface area is 77.0 Å². The molecule has 0 aliphatic heterocycles. The molecule has 0 spiro atoms. The van der Waals surface area contributed by atoms with E-state index in [4.69, 9.17) is 5.73 Å². The summed E-state index contributed by atoms with van der Waals surface area (Å²) in [6.07, 6.45) is 3.46. The van der Waals surface area contributed by atoms with Crippen molar-refractivity contribution < 1.29 is 0 Å². The molecule has 1 heteroatoms.